The first-order valence-corrected chi connectivity index (χ1v) is 9.26. The number of hydrogen-bond acceptors (Lipinski definition) is 3. The summed E-state index contributed by atoms with van der Waals surface area (Å²) in [6.45, 7) is 1.89. The predicted molar refractivity (Wildman–Crippen MR) is 96.4 cm³/mol. The van der Waals surface area contributed by atoms with Crippen LogP contribution in [0.5, 0.6) is 0 Å². The summed E-state index contributed by atoms with van der Waals surface area (Å²) in [6.07, 6.45) is 4.68. The van der Waals surface area contributed by atoms with Crippen LogP contribution in [-0.2, 0) is 17.6 Å². The number of nitrogens with zero attached hydrogens (tertiary/aromatic N) is 3. The molecule has 1 heterocycles. The van der Waals surface area contributed by atoms with E-state index >= 15 is 0 Å². The number of para-hydroxylation sites is 1. The first kappa shape index (κ1) is 16.8. The molecule has 2 aromatic rings. The van der Waals surface area contributed by atoms with Crippen LogP contribution in [0.4, 0.5) is 0 Å². The van der Waals surface area contributed by atoms with Gasteiger partial charge in [-0.05, 0) is 44.2 Å². The molecule has 1 unspecified atom stereocenters. The summed E-state index contributed by atoms with van der Waals surface area (Å²) in [5, 5.41) is 13.9. The third kappa shape index (κ3) is 3.00. The van der Waals surface area contributed by atoms with Crippen LogP contribution in [0.15, 0.2) is 30.3 Å². The molecule has 26 heavy (non-hydrogen) atoms. The quantitative estimate of drug-likeness (QED) is 0.866. The van der Waals surface area contributed by atoms with E-state index in [9.17, 15) is 14.7 Å². The highest BCUT2D eigenvalue weighted by Gasteiger charge is 2.38. The van der Waals surface area contributed by atoms with Crippen LogP contribution in [0.25, 0.3) is 5.69 Å². The smallest absolute Gasteiger partial charge is 0.308 e. The van der Waals surface area contributed by atoms with E-state index in [0.717, 1.165) is 49.0 Å². The van der Waals surface area contributed by atoms with E-state index < -0.39 is 11.9 Å². The highest BCUT2D eigenvalue weighted by molar-refractivity contribution is 5.95. The van der Waals surface area contributed by atoms with Crippen LogP contribution in [0.3, 0.4) is 0 Å². The molecule has 1 fully saturated rings. The molecule has 0 radical (unpaired) electrons. The molecular formula is C20H23N3O3. The molecule has 1 amide bonds. The van der Waals surface area contributed by atoms with E-state index in [1.54, 1.807) is 11.8 Å². The minimum Gasteiger partial charge on any atom is -0.481 e. The molecule has 1 aromatic heterocycles. The zero-order chi connectivity index (χ0) is 18.3. The largest absolute Gasteiger partial charge is 0.481 e. The number of fused-ring (bicyclic) bond motifs is 1. The van der Waals surface area contributed by atoms with E-state index in [1.807, 2.05) is 35.0 Å². The molecule has 2 aliphatic carbocycles. The molecule has 0 bridgehead atoms. The third-order valence-electron chi connectivity index (χ3n) is 5.27. The van der Waals surface area contributed by atoms with E-state index in [2.05, 4.69) is 5.10 Å². The van der Waals surface area contributed by atoms with Crippen molar-refractivity contribution in [1.82, 2.24) is 14.7 Å². The lowest BCUT2D eigenvalue weighted by molar-refractivity contribution is -0.141. The standard InChI is InChI=1S/C20H23N3O3/c1-13(20(25)26)12-22(14-10-11-14)19(24)18-16-8-5-9-17(16)23(21-18)15-6-3-2-4-7-15/h2-4,6-7,13-14H,5,8-12H2,1H3,(H,25,26). The summed E-state index contributed by atoms with van der Waals surface area (Å²) in [6, 6.07) is 10.0. The van der Waals surface area contributed by atoms with Crippen molar-refractivity contribution in [2.45, 2.75) is 45.1 Å². The summed E-state index contributed by atoms with van der Waals surface area (Å²) >= 11 is 0. The normalized spacial score (nSPS) is 17.0. The molecule has 0 spiro atoms. The van der Waals surface area contributed by atoms with Gasteiger partial charge < -0.3 is 10.0 Å². The Bertz CT molecular complexity index is 839. The van der Waals surface area contributed by atoms with Crippen molar-refractivity contribution in [2.75, 3.05) is 6.54 Å². The van der Waals surface area contributed by atoms with Crippen molar-refractivity contribution < 1.29 is 14.7 Å². The minimum absolute atomic E-state index is 0.117. The molecule has 0 saturated heterocycles. The number of carboxylic acids is 1. The topological polar surface area (TPSA) is 75.4 Å². The van der Waals surface area contributed by atoms with E-state index in [0.29, 0.717) is 5.69 Å². The number of carboxylic acid groups (broad SMARTS) is 1. The molecule has 4 rings (SSSR count). The van der Waals surface area contributed by atoms with Gasteiger partial charge in [0.15, 0.2) is 5.69 Å². The summed E-state index contributed by atoms with van der Waals surface area (Å²) in [4.78, 5) is 26.2. The Morgan fingerprint density at radius 3 is 2.65 bits per heavy atom. The Hall–Kier alpha value is -2.63. The van der Waals surface area contributed by atoms with Gasteiger partial charge in [-0.2, -0.15) is 5.10 Å². The molecule has 2 aliphatic rings. The summed E-state index contributed by atoms with van der Waals surface area (Å²) in [5.74, 6) is -1.57. The summed E-state index contributed by atoms with van der Waals surface area (Å²) in [7, 11) is 0. The number of aliphatic carboxylic acids is 1. The lowest BCUT2D eigenvalue weighted by Gasteiger charge is -2.23. The van der Waals surface area contributed by atoms with Crippen molar-refractivity contribution in [3.05, 3.63) is 47.3 Å². The van der Waals surface area contributed by atoms with Gasteiger partial charge in [-0.15, -0.1) is 0 Å². The Kier molecular flexibility index (Phi) is 4.26. The van der Waals surface area contributed by atoms with Gasteiger partial charge in [-0.3, -0.25) is 9.59 Å². The maximum absolute atomic E-state index is 13.2. The molecule has 0 aliphatic heterocycles. The fourth-order valence-corrected chi connectivity index (χ4v) is 3.69. The Labute approximate surface area is 152 Å². The fraction of sp³-hybridized carbons (Fsp3) is 0.450. The van der Waals surface area contributed by atoms with Gasteiger partial charge in [0, 0.05) is 23.8 Å². The van der Waals surface area contributed by atoms with E-state index in [1.165, 1.54) is 0 Å². The SMILES string of the molecule is CC(CN(C(=O)c1nn(-c2ccccc2)c2c1CCC2)C1CC1)C(=O)O. The van der Waals surface area contributed by atoms with E-state index in [-0.39, 0.29) is 18.5 Å². The number of amides is 1. The van der Waals surface area contributed by atoms with Crippen LogP contribution in [0.2, 0.25) is 0 Å². The first-order chi connectivity index (χ1) is 12.6. The number of carbonyl (C=O) groups is 2. The maximum atomic E-state index is 13.2. The first-order valence-electron chi connectivity index (χ1n) is 9.26. The van der Waals surface area contributed by atoms with Gasteiger partial charge in [0.25, 0.3) is 5.91 Å². The van der Waals surface area contributed by atoms with Gasteiger partial charge in [0.2, 0.25) is 0 Å². The maximum Gasteiger partial charge on any atom is 0.308 e. The minimum atomic E-state index is -0.872. The second kappa shape index (κ2) is 6.59. The van der Waals surface area contributed by atoms with Crippen LogP contribution < -0.4 is 0 Å². The predicted octanol–water partition coefficient (Wildman–Crippen LogP) is 2.69. The second-order valence-electron chi connectivity index (χ2n) is 7.30. The number of benzene rings is 1. The molecular weight excluding hydrogens is 330 g/mol. The molecule has 6 nitrogen and oxygen atoms in total. The fourth-order valence-electron chi connectivity index (χ4n) is 3.69. The van der Waals surface area contributed by atoms with Gasteiger partial charge >= 0.3 is 5.97 Å². The Morgan fingerprint density at radius 1 is 1.27 bits per heavy atom. The van der Waals surface area contributed by atoms with Gasteiger partial charge in [-0.25, -0.2) is 4.68 Å². The van der Waals surface area contributed by atoms with Gasteiger partial charge in [-0.1, -0.05) is 25.1 Å². The van der Waals surface area contributed by atoms with E-state index in [4.69, 9.17) is 0 Å². The number of aromatic nitrogens is 2. The molecule has 6 heteroatoms. The summed E-state index contributed by atoms with van der Waals surface area (Å²) in [5.41, 5.74) is 3.61. The lowest BCUT2D eigenvalue weighted by atomic mass is 10.1. The zero-order valence-electron chi connectivity index (χ0n) is 14.9. The highest BCUT2D eigenvalue weighted by Crippen LogP contribution is 2.33. The molecule has 1 saturated carbocycles. The number of carbonyl (C=O) groups excluding carboxylic acids is 1. The highest BCUT2D eigenvalue weighted by atomic mass is 16.4. The molecule has 136 valence electrons. The monoisotopic (exact) mass is 353 g/mol. The average molecular weight is 353 g/mol. The van der Waals surface area contributed by atoms with Gasteiger partial charge in [0.05, 0.1) is 11.6 Å². The zero-order valence-corrected chi connectivity index (χ0v) is 14.9. The van der Waals surface area contributed by atoms with Crippen molar-refractivity contribution in [1.29, 1.82) is 0 Å². The second-order valence-corrected chi connectivity index (χ2v) is 7.30. The van der Waals surface area contributed by atoms with Crippen molar-refractivity contribution in [3.63, 3.8) is 0 Å². The molecule has 1 N–H and O–H groups in total. The molecule has 1 aromatic carbocycles. The molecule has 1 atom stereocenters. The van der Waals surface area contributed by atoms with Crippen LogP contribution in [0.1, 0.15) is 47.9 Å². The van der Waals surface area contributed by atoms with Gasteiger partial charge in [0.1, 0.15) is 0 Å². The lowest BCUT2D eigenvalue weighted by Crippen LogP contribution is -2.39. The van der Waals surface area contributed by atoms with Crippen LogP contribution >= 0.6 is 0 Å². The average Bonchev–Trinajstić information content (AvgIpc) is 3.25. The third-order valence-corrected chi connectivity index (χ3v) is 5.27. The number of rotatable bonds is 6. The Balaban J connectivity index is 1.68. The number of hydrogen-bond donors (Lipinski definition) is 1. The van der Waals surface area contributed by atoms with Crippen LogP contribution in [0, 0.1) is 5.92 Å². The van der Waals surface area contributed by atoms with Crippen molar-refractivity contribution in [3.8, 4) is 5.69 Å². The van der Waals surface area contributed by atoms with Crippen molar-refractivity contribution >= 4 is 11.9 Å². The van der Waals surface area contributed by atoms with Crippen LogP contribution in [-0.4, -0.2) is 44.3 Å². The summed E-state index contributed by atoms with van der Waals surface area (Å²) < 4.78 is 1.89. The Morgan fingerprint density at radius 2 is 2.00 bits per heavy atom. The van der Waals surface area contributed by atoms with Crippen molar-refractivity contribution in [2.24, 2.45) is 5.92 Å².